The second-order valence-corrected chi connectivity index (χ2v) is 13.3. The summed E-state index contributed by atoms with van der Waals surface area (Å²) in [6, 6.07) is 24.1. The van der Waals surface area contributed by atoms with Crippen LogP contribution >= 0.6 is 11.6 Å². The van der Waals surface area contributed by atoms with Crippen molar-refractivity contribution < 1.29 is 9.47 Å². The highest BCUT2D eigenvalue weighted by atomic mass is 35.5. The number of aromatic nitrogens is 2. The van der Waals surface area contributed by atoms with Gasteiger partial charge in [0.25, 0.3) is 0 Å². The van der Waals surface area contributed by atoms with Gasteiger partial charge in [-0.25, -0.2) is 4.98 Å². The van der Waals surface area contributed by atoms with Crippen LogP contribution in [0, 0.1) is 5.92 Å². The maximum atomic E-state index is 6.29. The molecular weight excluding hydrogens is 580 g/mol. The number of para-hydroxylation sites is 1. The van der Waals surface area contributed by atoms with Gasteiger partial charge in [-0.05, 0) is 139 Å². The minimum Gasteiger partial charge on any atom is -0.487 e. The second kappa shape index (κ2) is 16.5. The highest BCUT2D eigenvalue weighted by Gasteiger charge is 2.20. The van der Waals surface area contributed by atoms with Gasteiger partial charge < -0.3 is 23.8 Å². The number of hydrogen-bond acceptors (Lipinski definition) is 5. The van der Waals surface area contributed by atoms with E-state index in [0.29, 0.717) is 18.2 Å². The number of imidazole rings is 1. The number of nitrogens with zero attached hydrogens (tertiary/aromatic N) is 4. The molecular formula is C38H49ClN4O2. The van der Waals surface area contributed by atoms with Crippen molar-refractivity contribution >= 4 is 22.6 Å². The summed E-state index contributed by atoms with van der Waals surface area (Å²) in [6.07, 6.45) is 11.9. The normalized spacial score (nSPS) is 16.7. The van der Waals surface area contributed by atoms with Gasteiger partial charge in [-0.3, -0.25) is 0 Å². The molecule has 0 bridgehead atoms. The van der Waals surface area contributed by atoms with E-state index in [4.69, 9.17) is 26.1 Å². The fourth-order valence-corrected chi connectivity index (χ4v) is 7.08. The zero-order valence-corrected chi connectivity index (χ0v) is 27.5. The van der Waals surface area contributed by atoms with Crippen molar-refractivity contribution in [3.05, 3.63) is 89.2 Å². The van der Waals surface area contributed by atoms with E-state index in [1.54, 1.807) is 0 Å². The van der Waals surface area contributed by atoms with Crippen LogP contribution in [-0.2, 0) is 19.8 Å². The minimum atomic E-state index is 0.393. The number of fused-ring (bicyclic) bond motifs is 1. The lowest BCUT2D eigenvalue weighted by molar-refractivity contribution is 0.168. The molecule has 3 aromatic carbocycles. The Morgan fingerprint density at radius 3 is 2.18 bits per heavy atom. The van der Waals surface area contributed by atoms with E-state index in [1.165, 1.54) is 90.6 Å². The molecule has 7 heteroatoms. The van der Waals surface area contributed by atoms with E-state index >= 15 is 0 Å². The Morgan fingerprint density at radius 1 is 0.689 bits per heavy atom. The number of hydrogen-bond donors (Lipinski definition) is 0. The van der Waals surface area contributed by atoms with Gasteiger partial charge in [0.1, 0.15) is 36.1 Å². The Kier molecular flexibility index (Phi) is 11.7. The molecule has 0 unspecified atom stereocenters. The van der Waals surface area contributed by atoms with Gasteiger partial charge in [0.2, 0.25) is 0 Å². The number of aryl methyl sites for hydroxylation is 1. The van der Waals surface area contributed by atoms with Crippen molar-refractivity contribution in [3.63, 3.8) is 0 Å². The summed E-state index contributed by atoms with van der Waals surface area (Å²) in [4.78, 5) is 10.5. The fraction of sp³-hybridized carbons (Fsp3) is 0.500. The largest absolute Gasteiger partial charge is 0.487 e. The van der Waals surface area contributed by atoms with Crippen molar-refractivity contribution in [2.24, 2.45) is 5.92 Å². The van der Waals surface area contributed by atoms with Gasteiger partial charge in [-0.1, -0.05) is 54.4 Å². The van der Waals surface area contributed by atoms with Crippen LogP contribution in [0.1, 0.15) is 69.2 Å². The Labute approximate surface area is 274 Å². The molecule has 6 nitrogen and oxygen atoms in total. The van der Waals surface area contributed by atoms with E-state index in [2.05, 4.69) is 38.6 Å². The second-order valence-electron chi connectivity index (χ2n) is 12.9. The smallest absolute Gasteiger partial charge is 0.148 e. The molecule has 0 atom stereocenters. The Bertz CT molecular complexity index is 1440. The zero-order valence-electron chi connectivity index (χ0n) is 26.7. The van der Waals surface area contributed by atoms with Crippen LogP contribution in [0.25, 0.3) is 11.0 Å². The third-order valence-electron chi connectivity index (χ3n) is 9.59. The van der Waals surface area contributed by atoms with Crippen LogP contribution in [-0.4, -0.2) is 58.6 Å². The van der Waals surface area contributed by atoms with E-state index in [-0.39, 0.29) is 0 Å². The van der Waals surface area contributed by atoms with Crippen LogP contribution < -0.4 is 9.47 Å². The van der Waals surface area contributed by atoms with Crippen LogP contribution in [0.15, 0.2) is 72.8 Å². The lowest BCUT2D eigenvalue weighted by atomic mass is 9.92. The molecule has 45 heavy (non-hydrogen) atoms. The standard InChI is InChI=1S/C38H49ClN4O2/c39-33-16-18-34(19-17-33)44-30-37-40-38-35(14-9-15-36(38)45-29-32-11-3-1-4-12-32)43(37)26-10-13-31-20-27-42(28-21-31)25-8-7-24-41-22-5-2-6-23-41/h1,3-4,9,11-12,14-19,31H,2,5-8,10,13,20-30H2. The maximum Gasteiger partial charge on any atom is 0.148 e. The summed E-state index contributed by atoms with van der Waals surface area (Å²) in [5, 5.41) is 0.702. The van der Waals surface area contributed by atoms with Crippen LogP contribution in [0.2, 0.25) is 5.02 Å². The number of likely N-dealkylation sites (tertiary alicyclic amines) is 2. The molecule has 4 aromatic rings. The Balaban J connectivity index is 1.03. The number of benzene rings is 3. The first kappa shape index (κ1) is 31.9. The molecule has 0 radical (unpaired) electrons. The van der Waals surface area contributed by atoms with E-state index in [9.17, 15) is 0 Å². The molecule has 2 fully saturated rings. The summed E-state index contributed by atoms with van der Waals surface area (Å²) in [6.45, 7) is 9.55. The van der Waals surface area contributed by atoms with Crippen molar-refractivity contribution in [1.29, 1.82) is 0 Å². The predicted molar refractivity (Wildman–Crippen MR) is 184 cm³/mol. The monoisotopic (exact) mass is 628 g/mol. The van der Waals surface area contributed by atoms with Gasteiger partial charge in [-0.2, -0.15) is 0 Å². The predicted octanol–water partition coefficient (Wildman–Crippen LogP) is 8.61. The van der Waals surface area contributed by atoms with Crippen molar-refractivity contribution in [1.82, 2.24) is 19.4 Å². The van der Waals surface area contributed by atoms with Crippen molar-refractivity contribution in [3.8, 4) is 11.5 Å². The van der Waals surface area contributed by atoms with Gasteiger partial charge in [0, 0.05) is 11.6 Å². The number of halogens is 1. The first-order chi connectivity index (χ1) is 22.2. The van der Waals surface area contributed by atoms with Crippen molar-refractivity contribution in [2.45, 2.75) is 77.5 Å². The first-order valence-corrected chi connectivity index (χ1v) is 17.6. The number of unbranched alkanes of at least 4 members (excludes halogenated alkanes) is 1. The lowest BCUT2D eigenvalue weighted by Gasteiger charge is -2.32. The van der Waals surface area contributed by atoms with Gasteiger partial charge in [-0.15, -0.1) is 0 Å². The summed E-state index contributed by atoms with van der Waals surface area (Å²) in [7, 11) is 0. The van der Waals surface area contributed by atoms with Crippen LogP contribution in [0.3, 0.4) is 0 Å². The summed E-state index contributed by atoms with van der Waals surface area (Å²) < 4.78 is 14.8. The first-order valence-electron chi connectivity index (χ1n) is 17.2. The zero-order chi connectivity index (χ0) is 30.7. The quantitative estimate of drug-likeness (QED) is 0.123. The minimum absolute atomic E-state index is 0.393. The van der Waals surface area contributed by atoms with E-state index in [0.717, 1.165) is 52.8 Å². The Morgan fingerprint density at radius 2 is 1.42 bits per heavy atom. The summed E-state index contributed by atoms with van der Waals surface area (Å²) in [5.41, 5.74) is 3.15. The molecule has 6 rings (SSSR count). The van der Waals surface area contributed by atoms with Gasteiger partial charge >= 0.3 is 0 Å². The molecule has 240 valence electrons. The molecule has 2 saturated heterocycles. The number of piperidine rings is 2. The van der Waals surface area contributed by atoms with Gasteiger partial charge in [0.15, 0.2) is 0 Å². The molecule has 0 aliphatic carbocycles. The topological polar surface area (TPSA) is 42.8 Å². The fourth-order valence-electron chi connectivity index (χ4n) is 6.95. The molecule has 3 heterocycles. The molecule has 0 spiro atoms. The average Bonchev–Trinajstić information content (AvgIpc) is 3.45. The number of rotatable bonds is 15. The van der Waals surface area contributed by atoms with E-state index < -0.39 is 0 Å². The SMILES string of the molecule is Clc1ccc(OCc2nc3c(OCc4ccccc4)cccc3n2CCCC2CCN(CCCCN3CCCCC3)CC2)cc1. The van der Waals surface area contributed by atoms with E-state index in [1.807, 2.05) is 48.5 Å². The molecule has 1 aromatic heterocycles. The molecule has 2 aliphatic heterocycles. The lowest BCUT2D eigenvalue weighted by Crippen LogP contribution is -2.35. The average molecular weight is 629 g/mol. The molecule has 2 aliphatic rings. The van der Waals surface area contributed by atoms with Crippen LogP contribution in [0.4, 0.5) is 0 Å². The highest BCUT2D eigenvalue weighted by molar-refractivity contribution is 6.30. The third-order valence-corrected chi connectivity index (χ3v) is 9.84. The molecule has 0 N–H and O–H groups in total. The summed E-state index contributed by atoms with van der Waals surface area (Å²) in [5.74, 6) is 3.33. The van der Waals surface area contributed by atoms with Gasteiger partial charge in [0.05, 0.1) is 5.52 Å². The maximum absolute atomic E-state index is 6.29. The molecule has 0 saturated carbocycles. The third kappa shape index (κ3) is 9.25. The highest BCUT2D eigenvalue weighted by Crippen LogP contribution is 2.29. The Hall–Kier alpha value is -3.06. The van der Waals surface area contributed by atoms with Crippen LogP contribution in [0.5, 0.6) is 11.5 Å². The molecule has 0 amide bonds. The number of ether oxygens (including phenoxy) is 2. The van der Waals surface area contributed by atoms with Crippen molar-refractivity contribution in [2.75, 3.05) is 39.3 Å². The summed E-state index contributed by atoms with van der Waals surface area (Å²) >= 11 is 6.09.